The molecule has 1 aliphatic heterocycles. The summed E-state index contributed by atoms with van der Waals surface area (Å²) in [4.78, 5) is 17.7. The van der Waals surface area contributed by atoms with E-state index in [1.807, 2.05) is 20.8 Å². The second-order valence-electron chi connectivity index (χ2n) is 7.18. The lowest BCUT2D eigenvalue weighted by Crippen LogP contribution is -2.63. The van der Waals surface area contributed by atoms with Gasteiger partial charge < -0.3 is 25.0 Å². The topological polar surface area (TPSA) is 75.2 Å². The molecule has 7 nitrogen and oxygen atoms in total. The predicted molar refractivity (Wildman–Crippen MR) is 113 cm³/mol. The fourth-order valence-electron chi connectivity index (χ4n) is 2.45. The fraction of sp³-hybridized carbons (Fsp3) is 0.556. The number of amides is 1. The van der Waals surface area contributed by atoms with Crippen molar-refractivity contribution in [3.8, 4) is 5.75 Å². The van der Waals surface area contributed by atoms with E-state index >= 15 is 0 Å². The summed E-state index contributed by atoms with van der Waals surface area (Å²) in [6.45, 7) is 4.06. The van der Waals surface area contributed by atoms with Crippen molar-refractivity contribution in [2.45, 2.75) is 45.6 Å². The van der Waals surface area contributed by atoms with Crippen LogP contribution in [0.25, 0.3) is 0 Å². The van der Waals surface area contributed by atoms with Crippen LogP contribution in [0.2, 0.25) is 0 Å². The second kappa shape index (κ2) is 10.6. The third-order valence-electron chi connectivity index (χ3n) is 3.68. The van der Waals surface area contributed by atoms with E-state index in [-0.39, 0.29) is 41.9 Å². The zero-order valence-electron chi connectivity index (χ0n) is 16.4. The summed E-state index contributed by atoms with van der Waals surface area (Å²) < 4.78 is 34.3. The average Bonchev–Trinajstić information content (AvgIpc) is 2.51. The van der Waals surface area contributed by atoms with Crippen molar-refractivity contribution in [3.05, 3.63) is 29.8 Å². The number of hydrogen-bond donors (Lipinski definition) is 2. The quantitative estimate of drug-likeness (QED) is 0.360. The van der Waals surface area contributed by atoms with E-state index in [1.54, 1.807) is 30.1 Å². The molecule has 0 spiro atoms. The average molecular weight is 512 g/mol. The van der Waals surface area contributed by atoms with Gasteiger partial charge in [-0.05, 0) is 38.5 Å². The Labute approximate surface area is 180 Å². The number of carbonyl (C=O) groups excluding carboxylic acids is 1. The molecule has 2 N–H and O–H groups in total. The van der Waals surface area contributed by atoms with Crippen LogP contribution in [0.4, 0.5) is 13.6 Å². The van der Waals surface area contributed by atoms with Gasteiger partial charge in [0.15, 0.2) is 5.96 Å². The lowest BCUT2D eigenvalue weighted by Gasteiger charge is -2.40. The molecular weight excluding hydrogens is 485 g/mol. The van der Waals surface area contributed by atoms with E-state index in [0.29, 0.717) is 25.6 Å². The predicted octanol–water partition coefficient (Wildman–Crippen LogP) is 3.19. The van der Waals surface area contributed by atoms with E-state index in [2.05, 4.69) is 20.4 Å². The number of guanidine groups is 1. The molecule has 0 aromatic heterocycles. The normalized spacial score (nSPS) is 14.8. The van der Waals surface area contributed by atoms with Crippen LogP contribution in [0.15, 0.2) is 29.3 Å². The minimum atomic E-state index is -2.85. The molecule has 28 heavy (non-hydrogen) atoms. The van der Waals surface area contributed by atoms with Gasteiger partial charge in [0.05, 0.1) is 6.04 Å². The molecule has 10 heteroatoms. The molecule has 0 saturated carbocycles. The number of ether oxygens (including phenoxy) is 2. The minimum absolute atomic E-state index is 0. The maximum Gasteiger partial charge on any atom is 0.410 e. The highest BCUT2D eigenvalue weighted by Gasteiger charge is 2.34. The number of nitrogens with zero attached hydrogens (tertiary/aromatic N) is 2. The Kier molecular flexibility index (Phi) is 9.18. The molecule has 1 aromatic carbocycles. The molecule has 0 atom stereocenters. The molecule has 0 aliphatic carbocycles. The Balaban J connectivity index is 0.00000392. The second-order valence-corrected chi connectivity index (χ2v) is 7.18. The number of carbonyl (C=O) groups is 1. The maximum atomic E-state index is 12.3. The van der Waals surface area contributed by atoms with Crippen molar-refractivity contribution in [3.63, 3.8) is 0 Å². The molecule has 0 unspecified atom stereocenters. The van der Waals surface area contributed by atoms with Gasteiger partial charge in [0.25, 0.3) is 0 Å². The lowest BCUT2D eigenvalue weighted by molar-refractivity contribution is -0.0498. The van der Waals surface area contributed by atoms with Gasteiger partial charge in [-0.3, -0.25) is 4.99 Å². The van der Waals surface area contributed by atoms with Crippen LogP contribution in [0.3, 0.4) is 0 Å². The van der Waals surface area contributed by atoms with Crippen molar-refractivity contribution in [1.29, 1.82) is 0 Å². The number of rotatable bonds is 5. The van der Waals surface area contributed by atoms with E-state index in [0.717, 1.165) is 5.56 Å². The lowest BCUT2D eigenvalue weighted by atomic mass is 10.1. The Hall–Kier alpha value is -1.85. The van der Waals surface area contributed by atoms with E-state index in [4.69, 9.17) is 4.74 Å². The summed E-state index contributed by atoms with van der Waals surface area (Å²) in [5.74, 6) is 0.670. The van der Waals surface area contributed by atoms with Crippen LogP contribution in [0.5, 0.6) is 5.75 Å². The molecule has 1 amide bonds. The summed E-state index contributed by atoms with van der Waals surface area (Å²) in [7, 11) is 1.63. The van der Waals surface area contributed by atoms with Crippen LogP contribution in [0, 0.1) is 0 Å². The smallest absolute Gasteiger partial charge is 0.410 e. The first-order chi connectivity index (χ1) is 12.7. The van der Waals surface area contributed by atoms with Crippen LogP contribution >= 0.6 is 24.0 Å². The highest BCUT2D eigenvalue weighted by Crippen LogP contribution is 2.16. The van der Waals surface area contributed by atoms with Gasteiger partial charge >= 0.3 is 12.7 Å². The molecule has 2 rings (SSSR count). The Morgan fingerprint density at radius 1 is 1.36 bits per heavy atom. The molecule has 1 fully saturated rings. The van der Waals surface area contributed by atoms with Crippen LogP contribution in [-0.2, 0) is 11.3 Å². The van der Waals surface area contributed by atoms with Crippen molar-refractivity contribution in [2.24, 2.45) is 4.99 Å². The standard InChI is InChI=1S/C18H26F2N4O3.HI/c1-18(2,3)27-17(25)24-10-13(11-24)23-16(21-4)22-9-12-6-5-7-14(8-12)26-15(19)20;/h5-8,13,15H,9-11H2,1-4H3,(H2,21,22,23);1H. The summed E-state index contributed by atoms with van der Waals surface area (Å²) in [5.41, 5.74) is 0.260. The molecule has 1 aromatic rings. The Morgan fingerprint density at radius 2 is 2.04 bits per heavy atom. The zero-order valence-corrected chi connectivity index (χ0v) is 18.7. The largest absolute Gasteiger partial charge is 0.444 e. The summed E-state index contributed by atoms with van der Waals surface area (Å²) in [6, 6.07) is 6.53. The van der Waals surface area contributed by atoms with Gasteiger partial charge in [0.1, 0.15) is 11.4 Å². The van der Waals surface area contributed by atoms with E-state index in [1.165, 1.54) is 6.07 Å². The SMILES string of the molecule is CN=C(NCc1cccc(OC(F)F)c1)NC1CN(C(=O)OC(C)(C)C)C1.I. The van der Waals surface area contributed by atoms with E-state index < -0.39 is 12.2 Å². The van der Waals surface area contributed by atoms with Crippen LogP contribution < -0.4 is 15.4 Å². The van der Waals surface area contributed by atoms with Gasteiger partial charge in [0, 0.05) is 26.7 Å². The molecule has 158 valence electrons. The molecule has 1 aliphatic rings. The minimum Gasteiger partial charge on any atom is -0.444 e. The summed E-state index contributed by atoms with van der Waals surface area (Å²) in [6.07, 6.45) is -0.334. The Bertz CT molecular complexity index is 677. The molecule has 1 heterocycles. The van der Waals surface area contributed by atoms with Crippen molar-refractivity contribution in [1.82, 2.24) is 15.5 Å². The monoisotopic (exact) mass is 512 g/mol. The molecular formula is C18H27F2IN4O3. The number of halogens is 3. The molecule has 1 saturated heterocycles. The van der Waals surface area contributed by atoms with Crippen LogP contribution in [0.1, 0.15) is 26.3 Å². The van der Waals surface area contributed by atoms with Gasteiger partial charge in [-0.15, -0.1) is 24.0 Å². The zero-order chi connectivity index (χ0) is 20.0. The number of aliphatic imine (C=N–C) groups is 1. The molecule has 0 bridgehead atoms. The third kappa shape index (κ3) is 8.03. The van der Waals surface area contributed by atoms with Gasteiger partial charge in [-0.2, -0.15) is 8.78 Å². The number of nitrogens with one attached hydrogen (secondary N) is 2. The summed E-state index contributed by atoms with van der Waals surface area (Å²) in [5, 5.41) is 6.31. The first-order valence-electron chi connectivity index (χ1n) is 8.65. The molecule has 0 radical (unpaired) electrons. The highest BCUT2D eigenvalue weighted by atomic mass is 127. The van der Waals surface area contributed by atoms with E-state index in [9.17, 15) is 13.6 Å². The highest BCUT2D eigenvalue weighted by molar-refractivity contribution is 14.0. The van der Waals surface area contributed by atoms with Crippen molar-refractivity contribution in [2.75, 3.05) is 20.1 Å². The number of likely N-dealkylation sites (tertiary alicyclic amines) is 1. The van der Waals surface area contributed by atoms with Crippen molar-refractivity contribution < 1.29 is 23.0 Å². The van der Waals surface area contributed by atoms with Gasteiger partial charge in [0.2, 0.25) is 0 Å². The number of benzene rings is 1. The number of hydrogen-bond acceptors (Lipinski definition) is 4. The van der Waals surface area contributed by atoms with Crippen molar-refractivity contribution >= 4 is 36.0 Å². The van der Waals surface area contributed by atoms with Gasteiger partial charge in [-0.25, -0.2) is 4.79 Å². The van der Waals surface area contributed by atoms with Gasteiger partial charge in [-0.1, -0.05) is 12.1 Å². The first kappa shape index (κ1) is 24.2. The maximum absolute atomic E-state index is 12.3. The third-order valence-corrected chi connectivity index (χ3v) is 3.68. The van der Waals surface area contributed by atoms with Crippen LogP contribution in [-0.4, -0.2) is 55.3 Å². The fourth-order valence-corrected chi connectivity index (χ4v) is 2.45. The summed E-state index contributed by atoms with van der Waals surface area (Å²) >= 11 is 0. The Morgan fingerprint density at radius 3 is 2.61 bits per heavy atom. The first-order valence-corrected chi connectivity index (χ1v) is 8.65. The number of alkyl halides is 2.